The Hall–Kier alpha value is -1.12. The quantitative estimate of drug-likeness (QED) is 0.731. The van der Waals surface area contributed by atoms with Gasteiger partial charge in [0, 0.05) is 0 Å². The smallest absolute Gasteiger partial charge is 0.207 e. The van der Waals surface area contributed by atoms with Crippen LogP contribution in [0.25, 0.3) is 0 Å². The predicted octanol–water partition coefficient (Wildman–Crippen LogP) is 2.35. The highest BCUT2D eigenvalue weighted by Gasteiger charge is 1.87. The van der Waals surface area contributed by atoms with Gasteiger partial charge in [-0.25, -0.2) is 4.39 Å². The van der Waals surface area contributed by atoms with Crippen molar-refractivity contribution in [3.05, 3.63) is 35.6 Å². The molecule has 0 aromatic heterocycles. The van der Waals surface area contributed by atoms with Gasteiger partial charge in [0.15, 0.2) is 0 Å². The van der Waals surface area contributed by atoms with Crippen LogP contribution in [0.2, 0.25) is 0 Å². The van der Waals surface area contributed by atoms with E-state index in [1.54, 1.807) is 18.4 Å². The largest absolute Gasteiger partial charge is 0.373 e. The maximum Gasteiger partial charge on any atom is 0.373 e. The second kappa shape index (κ2) is 11.9. The van der Waals surface area contributed by atoms with E-state index in [-0.39, 0.29) is 12.0 Å². The van der Waals surface area contributed by atoms with Crippen molar-refractivity contribution >= 4 is 18.8 Å². The number of benzene rings is 1. The van der Waals surface area contributed by atoms with Crippen LogP contribution in [0.15, 0.2) is 24.3 Å². The number of hydrogen-bond donors (Lipinski definition) is 1. The van der Waals surface area contributed by atoms with E-state index in [1.165, 1.54) is 17.7 Å². The molecular weight excluding hydrogens is 203 g/mol. The molecule has 1 aromatic carbocycles. The molecule has 14 heavy (non-hydrogen) atoms. The fourth-order valence-corrected chi connectivity index (χ4v) is 0.720. The molecule has 2 nitrogen and oxygen atoms in total. The van der Waals surface area contributed by atoms with E-state index in [0.717, 1.165) is 6.42 Å². The average molecular weight is 216 g/mol. The SMILES string of the molecule is CCc1ccc(F)cc1.CS.O=C=O. The highest BCUT2D eigenvalue weighted by atomic mass is 32.1. The van der Waals surface area contributed by atoms with Crippen molar-refractivity contribution in [2.45, 2.75) is 13.3 Å². The zero-order valence-electron chi connectivity index (χ0n) is 8.16. The Labute approximate surface area is 88.5 Å². The number of thiol groups is 1. The zero-order chi connectivity index (χ0) is 11.4. The summed E-state index contributed by atoms with van der Waals surface area (Å²) in [5.41, 5.74) is 1.18. The molecule has 0 N–H and O–H groups in total. The lowest BCUT2D eigenvalue weighted by atomic mass is 10.2. The molecule has 0 atom stereocenters. The molecule has 0 radical (unpaired) electrons. The Balaban J connectivity index is 0. The summed E-state index contributed by atoms with van der Waals surface area (Å²) in [4.78, 5) is 16.2. The van der Waals surface area contributed by atoms with E-state index in [2.05, 4.69) is 12.6 Å². The standard InChI is InChI=1S/C8H9F.CO2.CH4S/c1-2-7-3-5-8(9)6-4-7;2-1-3;1-2/h3-6H,2H2,1H3;;2H,1H3. The normalized spacial score (nSPS) is 7.14. The van der Waals surface area contributed by atoms with Crippen molar-refractivity contribution in [3.63, 3.8) is 0 Å². The molecule has 0 heterocycles. The van der Waals surface area contributed by atoms with Crippen LogP contribution in [0.1, 0.15) is 12.5 Å². The van der Waals surface area contributed by atoms with Crippen molar-refractivity contribution in [1.29, 1.82) is 0 Å². The van der Waals surface area contributed by atoms with Gasteiger partial charge in [-0.3, -0.25) is 0 Å². The second-order valence-corrected chi connectivity index (χ2v) is 2.06. The molecule has 0 amide bonds. The summed E-state index contributed by atoms with van der Waals surface area (Å²) in [6.07, 6.45) is 2.92. The minimum Gasteiger partial charge on any atom is -0.207 e. The van der Waals surface area contributed by atoms with Crippen molar-refractivity contribution in [1.82, 2.24) is 0 Å². The van der Waals surface area contributed by atoms with Crippen LogP contribution >= 0.6 is 12.6 Å². The molecule has 0 fully saturated rings. The Morgan fingerprint density at radius 1 is 1.21 bits per heavy atom. The fraction of sp³-hybridized carbons (Fsp3) is 0.300. The van der Waals surface area contributed by atoms with Crippen LogP contribution in [-0.4, -0.2) is 12.4 Å². The number of hydrogen-bond acceptors (Lipinski definition) is 3. The third-order valence-corrected chi connectivity index (χ3v) is 1.32. The lowest BCUT2D eigenvalue weighted by molar-refractivity contribution is -0.191. The Morgan fingerprint density at radius 2 is 1.57 bits per heavy atom. The number of carbonyl (C=O) groups excluding carboxylic acids is 2. The minimum atomic E-state index is -0.160. The Bertz CT molecular complexity index is 253. The van der Waals surface area contributed by atoms with Crippen LogP contribution in [0, 0.1) is 5.82 Å². The van der Waals surface area contributed by atoms with Crippen LogP contribution in [0.5, 0.6) is 0 Å². The van der Waals surface area contributed by atoms with Gasteiger partial charge in [-0.05, 0) is 30.4 Å². The van der Waals surface area contributed by atoms with E-state index in [0.29, 0.717) is 0 Å². The first-order valence-electron chi connectivity index (χ1n) is 3.93. The first-order valence-corrected chi connectivity index (χ1v) is 4.82. The van der Waals surface area contributed by atoms with E-state index < -0.39 is 0 Å². The van der Waals surface area contributed by atoms with Gasteiger partial charge in [0.2, 0.25) is 0 Å². The molecule has 0 aliphatic rings. The van der Waals surface area contributed by atoms with Gasteiger partial charge in [0.1, 0.15) is 5.82 Å². The molecule has 0 saturated carbocycles. The molecule has 0 unspecified atom stereocenters. The number of halogens is 1. The van der Waals surface area contributed by atoms with Gasteiger partial charge in [0.25, 0.3) is 0 Å². The van der Waals surface area contributed by atoms with Gasteiger partial charge in [-0.15, -0.1) is 0 Å². The van der Waals surface area contributed by atoms with Gasteiger partial charge in [-0.1, -0.05) is 19.1 Å². The molecule has 0 saturated heterocycles. The van der Waals surface area contributed by atoms with Crippen molar-refractivity contribution in [2.75, 3.05) is 6.26 Å². The van der Waals surface area contributed by atoms with Gasteiger partial charge < -0.3 is 0 Å². The average Bonchev–Trinajstić information content (AvgIpc) is 2.23. The lowest BCUT2D eigenvalue weighted by Crippen LogP contribution is -1.78. The molecule has 0 spiro atoms. The van der Waals surface area contributed by atoms with E-state index >= 15 is 0 Å². The van der Waals surface area contributed by atoms with Crippen LogP contribution < -0.4 is 0 Å². The van der Waals surface area contributed by atoms with Gasteiger partial charge >= 0.3 is 6.15 Å². The summed E-state index contributed by atoms with van der Waals surface area (Å²) in [6, 6.07) is 6.57. The predicted molar refractivity (Wildman–Crippen MR) is 55.7 cm³/mol. The number of aryl methyl sites for hydroxylation is 1. The molecular formula is C10H13FO2S. The molecule has 0 bridgehead atoms. The van der Waals surface area contributed by atoms with Crippen LogP contribution in [0.4, 0.5) is 4.39 Å². The van der Waals surface area contributed by atoms with E-state index in [9.17, 15) is 4.39 Å². The molecule has 78 valence electrons. The second-order valence-electron chi connectivity index (χ2n) is 2.06. The summed E-state index contributed by atoms with van der Waals surface area (Å²) in [7, 11) is 0. The maximum atomic E-state index is 12.2. The number of rotatable bonds is 1. The van der Waals surface area contributed by atoms with Crippen molar-refractivity contribution in [2.24, 2.45) is 0 Å². The topological polar surface area (TPSA) is 34.1 Å². The highest BCUT2D eigenvalue weighted by Crippen LogP contribution is 2.01. The van der Waals surface area contributed by atoms with Crippen molar-refractivity contribution in [3.8, 4) is 0 Å². The van der Waals surface area contributed by atoms with Gasteiger partial charge in [-0.2, -0.15) is 22.2 Å². The molecule has 1 aromatic rings. The van der Waals surface area contributed by atoms with Crippen LogP contribution in [-0.2, 0) is 16.0 Å². The van der Waals surface area contributed by atoms with Gasteiger partial charge in [0.05, 0.1) is 0 Å². The summed E-state index contributed by atoms with van der Waals surface area (Å²) in [5, 5.41) is 0. The maximum absolute atomic E-state index is 12.2. The summed E-state index contributed by atoms with van der Waals surface area (Å²) < 4.78 is 12.2. The molecule has 4 heteroatoms. The molecule has 0 aliphatic carbocycles. The van der Waals surface area contributed by atoms with Crippen LogP contribution in [0.3, 0.4) is 0 Å². The first-order chi connectivity index (χ1) is 6.74. The highest BCUT2D eigenvalue weighted by molar-refractivity contribution is 7.79. The Kier molecular flexibility index (Phi) is 13.0. The lowest BCUT2D eigenvalue weighted by Gasteiger charge is -1.92. The molecule has 1 rings (SSSR count). The monoisotopic (exact) mass is 216 g/mol. The van der Waals surface area contributed by atoms with Crippen molar-refractivity contribution < 1.29 is 14.0 Å². The van der Waals surface area contributed by atoms with E-state index in [4.69, 9.17) is 9.59 Å². The minimum absolute atomic E-state index is 0.160. The molecule has 0 aliphatic heterocycles. The summed E-state index contributed by atoms with van der Waals surface area (Å²) in [5.74, 6) is -0.160. The third kappa shape index (κ3) is 8.97. The Morgan fingerprint density at radius 3 is 1.86 bits per heavy atom. The third-order valence-electron chi connectivity index (χ3n) is 1.32. The van der Waals surface area contributed by atoms with E-state index in [1.807, 2.05) is 6.92 Å². The fourth-order valence-electron chi connectivity index (χ4n) is 0.720. The zero-order valence-corrected chi connectivity index (χ0v) is 9.05. The first kappa shape index (κ1) is 15.4. The summed E-state index contributed by atoms with van der Waals surface area (Å²) >= 11 is 3.53. The summed E-state index contributed by atoms with van der Waals surface area (Å²) in [6.45, 7) is 2.05.